The van der Waals surface area contributed by atoms with Gasteiger partial charge in [-0.1, -0.05) is 12.1 Å². The zero-order valence-electron chi connectivity index (χ0n) is 24.0. The van der Waals surface area contributed by atoms with Gasteiger partial charge in [0.05, 0.1) is 19.9 Å². The molecule has 0 fully saturated rings. The first kappa shape index (κ1) is 30.2. The number of rotatable bonds is 9. The van der Waals surface area contributed by atoms with Gasteiger partial charge in [-0.3, -0.25) is 0 Å². The highest BCUT2D eigenvalue weighted by Crippen LogP contribution is 2.27. The summed E-state index contributed by atoms with van der Waals surface area (Å²) in [7, 11) is 1.30. The van der Waals surface area contributed by atoms with Crippen molar-refractivity contribution >= 4 is 23.8 Å². The molecular weight excluding hydrogens is 518 g/mol. The Hall–Kier alpha value is -4.35. The van der Waals surface area contributed by atoms with E-state index in [0.29, 0.717) is 17.0 Å². The average Bonchev–Trinajstić information content (AvgIpc) is 3.28. The van der Waals surface area contributed by atoms with Crippen molar-refractivity contribution < 1.29 is 33.3 Å². The number of ether oxygens (including phenoxy) is 4. The number of carbonyl (C=O) groups excluding carboxylic acids is 3. The number of alkyl carbamates (subject to hydrolysis) is 1. The number of benzene rings is 1. The van der Waals surface area contributed by atoms with Gasteiger partial charge in [0, 0.05) is 24.8 Å². The Balaban J connectivity index is 1.67. The zero-order valence-corrected chi connectivity index (χ0v) is 24.0. The summed E-state index contributed by atoms with van der Waals surface area (Å²) in [6, 6.07) is 8.87. The fourth-order valence-corrected chi connectivity index (χ4v) is 3.55. The number of hydrogen-bond acceptors (Lipinski definition) is 9. The van der Waals surface area contributed by atoms with Crippen LogP contribution in [0.15, 0.2) is 42.7 Å². The Bertz CT molecular complexity index is 1340. The fraction of sp³-hybridized carbons (Fsp3) is 0.464. The molecule has 216 valence electrons. The SMILES string of the molecule is COC(=O)c1ccn2ncc(-c3cccc(OCCN(CCNC(=O)OC(C)(C)C)C(=O)OC(C)(C)C)c3)c2n1. The van der Waals surface area contributed by atoms with E-state index < -0.39 is 29.4 Å². The van der Waals surface area contributed by atoms with Crippen molar-refractivity contribution in [3.05, 3.63) is 48.4 Å². The molecule has 3 rings (SSSR count). The molecule has 0 radical (unpaired) electrons. The summed E-state index contributed by atoms with van der Waals surface area (Å²) in [5.74, 6) is 0.0274. The standard InChI is InChI=1S/C28H37N5O7/c1-27(2,3)39-25(35)29-12-14-32(26(36)40-28(4,5)6)15-16-38-20-10-8-9-19(17-20)21-18-30-33-13-11-22(24(34)37-7)31-23(21)33/h8-11,13,17-18H,12,14-16H2,1-7H3,(H,29,35). The molecule has 2 aromatic heterocycles. The lowest BCUT2D eigenvalue weighted by Crippen LogP contribution is -2.44. The Morgan fingerprint density at radius 2 is 1.73 bits per heavy atom. The summed E-state index contributed by atoms with van der Waals surface area (Å²) in [6.45, 7) is 11.5. The van der Waals surface area contributed by atoms with Crippen LogP contribution >= 0.6 is 0 Å². The predicted molar refractivity (Wildman–Crippen MR) is 147 cm³/mol. The Morgan fingerprint density at radius 1 is 1.00 bits per heavy atom. The molecule has 0 unspecified atom stereocenters. The van der Waals surface area contributed by atoms with Gasteiger partial charge in [-0.25, -0.2) is 23.9 Å². The van der Waals surface area contributed by atoms with Crippen LogP contribution in [0.2, 0.25) is 0 Å². The van der Waals surface area contributed by atoms with E-state index in [0.717, 1.165) is 5.56 Å². The molecule has 12 nitrogen and oxygen atoms in total. The number of methoxy groups -OCH3 is 1. The second-order valence-corrected chi connectivity index (χ2v) is 10.9. The van der Waals surface area contributed by atoms with Crippen LogP contribution in [-0.2, 0) is 14.2 Å². The third-order valence-corrected chi connectivity index (χ3v) is 5.24. The summed E-state index contributed by atoms with van der Waals surface area (Å²) in [6.07, 6.45) is 2.21. The lowest BCUT2D eigenvalue weighted by molar-refractivity contribution is 0.0217. The third kappa shape index (κ3) is 8.85. The van der Waals surface area contributed by atoms with Gasteiger partial charge >= 0.3 is 18.2 Å². The van der Waals surface area contributed by atoms with E-state index in [2.05, 4.69) is 15.4 Å². The molecule has 0 aliphatic heterocycles. The van der Waals surface area contributed by atoms with Gasteiger partial charge in [0.2, 0.25) is 0 Å². The van der Waals surface area contributed by atoms with Crippen molar-refractivity contribution in [1.29, 1.82) is 0 Å². The van der Waals surface area contributed by atoms with Crippen molar-refractivity contribution in [1.82, 2.24) is 24.8 Å². The van der Waals surface area contributed by atoms with Crippen molar-refractivity contribution in [3.8, 4) is 16.9 Å². The summed E-state index contributed by atoms with van der Waals surface area (Å²) in [4.78, 5) is 42.6. The van der Waals surface area contributed by atoms with Crippen LogP contribution in [0, 0.1) is 0 Å². The van der Waals surface area contributed by atoms with Crippen molar-refractivity contribution in [2.45, 2.75) is 52.7 Å². The van der Waals surface area contributed by atoms with E-state index in [4.69, 9.17) is 18.9 Å². The molecule has 0 atom stereocenters. The van der Waals surface area contributed by atoms with Gasteiger partial charge in [0.1, 0.15) is 23.6 Å². The molecular formula is C28H37N5O7. The Morgan fingerprint density at radius 3 is 2.40 bits per heavy atom. The van der Waals surface area contributed by atoms with Gasteiger partial charge in [0.15, 0.2) is 11.3 Å². The molecule has 0 aliphatic carbocycles. The molecule has 3 aromatic rings. The van der Waals surface area contributed by atoms with Crippen LogP contribution in [0.3, 0.4) is 0 Å². The molecule has 2 amide bonds. The number of fused-ring (bicyclic) bond motifs is 1. The molecule has 0 bridgehead atoms. The number of esters is 1. The minimum absolute atomic E-state index is 0.174. The van der Waals surface area contributed by atoms with E-state index >= 15 is 0 Å². The lowest BCUT2D eigenvalue weighted by atomic mass is 10.1. The van der Waals surface area contributed by atoms with Gasteiger partial charge in [0.25, 0.3) is 0 Å². The van der Waals surface area contributed by atoms with Gasteiger partial charge < -0.3 is 29.2 Å². The van der Waals surface area contributed by atoms with E-state index in [1.807, 2.05) is 18.2 Å². The van der Waals surface area contributed by atoms with Crippen molar-refractivity contribution in [2.75, 3.05) is 33.4 Å². The van der Waals surface area contributed by atoms with E-state index in [9.17, 15) is 14.4 Å². The summed E-state index contributed by atoms with van der Waals surface area (Å²) >= 11 is 0. The maximum absolute atomic E-state index is 12.8. The molecule has 1 aromatic carbocycles. The van der Waals surface area contributed by atoms with Crippen LogP contribution in [0.4, 0.5) is 9.59 Å². The number of hydrogen-bond donors (Lipinski definition) is 1. The van der Waals surface area contributed by atoms with Gasteiger partial charge in [-0.15, -0.1) is 0 Å². The second kappa shape index (κ2) is 12.7. The maximum Gasteiger partial charge on any atom is 0.410 e. The molecule has 0 saturated carbocycles. The summed E-state index contributed by atoms with van der Waals surface area (Å²) < 4.78 is 23.1. The maximum atomic E-state index is 12.8. The Kier molecular flexibility index (Phi) is 9.56. The van der Waals surface area contributed by atoms with Crippen LogP contribution in [-0.4, -0.2) is 82.2 Å². The summed E-state index contributed by atoms with van der Waals surface area (Å²) in [5, 5.41) is 6.96. The molecule has 0 saturated heterocycles. The molecule has 0 spiro atoms. The molecule has 2 heterocycles. The van der Waals surface area contributed by atoms with Crippen LogP contribution in [0.1, 0.15) is 52.0 Å². The average molecular weight is 556 g/mol. The minimum atomic E-state index is -0.681. The van der Waals surface area contributed by atoms with E-state index in [-0.39, 0.29) is 31.9 Å². The lowest BCUT2D eigenvalue weighted by Gasteiger charge is -2.27. The number of nitrogens with one attached hydrogen (secondary N) is 1. The van der Waals surface area contributed by atoms with Crippen molar-refractivity contribution in [3.63, 3.8) is 0 Å². The fourth-order valence-electron chi connectivity index (χ4n) is 3.55. The first-order valence-electron chi connectivity index (χ1n) is 12.9. The monoisotopic (exact) mass is 555 g/mol. The number of amides is 2. The van der Waals surface area contributed by atoms with Crippen molar-refractivity contribution in [2.24, 2.45) is 0 Å². The normalized spacial score (nSPS) is 11.6. The summed E-state index contributed by atoms with van der Waals surface area (Å²) in [5.41, 5.74) is 0.855. The minimum Gasteiger partial charge on any atom is -0.492 e. The van der Waals surface area contributed by atoms with Crippen LogP contribution in [0.25, 0.3) is 16.8 Å². The smallest absolute Gasteiger partial charge is 0.410 e. The highest BCUT2D eigenvalue weighted by atomic mass is 16.6. The second-order valence-electron chi connectivity index (χ2n) is 10.9. The number of carbonyl (C=O) groups is 3. The highest BCUT2D eigenvalue weighted by molar-refractivity contribution is 5.88. The highest BCUT2D eigenvalue weighted by Gasteiger charge is 2.23. The topological polar surface area (TPSA) is 134 Å². The predicted octanol–water partition coefficient (Wildman–Crippen LogP) is 4.32. The van der Waals surface area contributed by atoms with Gasteiger partial charge in [-0.2, -0.15) is 5.10 Å². The first-order chi connectivity index (χ1) is 18.8. The van der Waals surface area contributed by atoms with Gasteiger partial charge in [-0.05, 0) is 65.3 Å². The Labute approximate surface area is 233 Å². The zero-order chi connectivity index (χ0) is 29.5. The van der Waals surface area contributed by atoms with E-state index in [1.54, 1.807) is 64.5 Å². The molecule has 1 N–H and O–H groups in total. The van der Waals surface area contributed by atoms with Crippen LogP contribution in [0.5, 0.6) is 5.75 Å². The van der Waals surface area contributed by atoms with Crippen LogP contribution < -0.4 is 10.1 Å². The molecule has 0 aliphatic rings. The molecule has 40 heavy (non-hydrogen) atoms. The molecule has 12 heteroatoms. The quantitative estimate of drug-likeness (QED) is 0.303. The largest absolute Gasteiger partial charge is 0.492 e. The third-order valence-electron chi connectivity index (χ3n) is 5.24. The first-order valence-corrected chi connectivity index (χ1v) is 12.9. The number of aromatic nitrogens is 3. The number of nitrogens with zero attached hydrogens (tertiary/aromatic N) is 4. The van der Waals surface area contributed by atoms with E-state index in [1.165, 1.54) is 18.1 Å².